The Hall–Kier alpha value is -4.12. The van der Waals surface area contributed by atoms with Gasteiger partial charge in [0.25, 0.3) is 5.91 Å². The molecule has 0 saturated heterocycles. The molecular weight excluding hydrogens is 376 g/mol. The molecule has 1 amide bonds. The van der Waals surface area contributed by atoms with Crippen LogP contribution in [0.2, 0.25) is 0 Å². The van der Waals surface area contributed by atoms with Crippen molar-refractivity contribution < 1.29 is 13.9 Å². The molecule has 0 aliphatic heterocycles. The molecule has 4 aromatic carbocycles. The largest absolute Gasteiger partial charge is 0.497 e. The predicted octanol–water partition coefficient (Wildman–Crippen LogP) is 5.91. The summed E-state index contributed by atoms with van der Waals surface area (Å²) in [6.07, 6.45) is 0. The van der Waals surface area contributed by atoms with Gasteiger partial charge in [-0.3, -0.25) is 4.79 Å². The van der Waals surface area contributed by atoms with E-state index in [0.29, 0.717) is 22.7 Å². The van der Waals surface area contributed by atoms with Gasteiger partial charge in [0.2, 0.25) is 5.89 Å². The third kappa shape index (κ3) is 3.37. The summed E-state index contributed by atoms with van der Waals surface area (Å²) in [7, 11) is 1.61. The minimum Gasteiger partial charge on any atom is -0.497 e. The second kappa shape index (κ2) is 7.37. The summed E-state index contributed by atoms with van der Waals surface area (Å²) in [5, 5.41) is 5.09. The van der Waals surface area contributed by atoms with Gasteiger partial charge in [0.1, 0.15) is 11.3 Å². The number of benzene rings is 4. The van der Waals surface area contributed by atoms with Crippen molar-refractivity contribution in [2.24, 2.45) is 0 Å². The molecule has 1 N–H and O–H groups in total. The predicted molar refractivity (Wildman–Crippen MR) is 118 cm³/mol. The number of amides is 1. The first-order valence-electron chi connectivity index (χ1n) is 9.55. The molecule has 0 bridgehead atoms. The normalized spacial score (nSPS) is 11.0. The van der Waals surface area contributed by atoms with E-state index in [9.17, 15) is 4.79 Å². The first-order chi connectivity index (χ1) is 14.7. The Morgan fingerprint density at radius 2 is 1.77 bits per heavy atom. The van der Waals surface area contributed by atoms with Crippen LogP contribution in [0.1, 0.15) is 10.4 Å². The maximum absolute atomic E-state index is 12.8. The van der Waals surface area contributed by atoms with Crippen LogP contribution in [0.25, 0.3) is 33.3 Å². The maximum Gasteiger partial charge on any atom is 0.255 e. The molecule has 5 aromatic rings. The number of oxazole rings is 1. The molecule has 0 aliphatic carbocycles. The topological polar surface area (TPSA) is 64.4 Å². The van der Waals surface area contributed by atoms with Crippen molar-refractivity contribution in [3.8, 4) is 17.2 Å². The fraction of sp³-hybridized carbons (Fsp3) is 0.0400. The Bertz CT molecular complexity index is 1390. The van der Waals surface area contributed by atoms with E-state index in [1.807, 2.05) is 84.9 Å². The smallest absolute Gasteiger partial charge is 0.255 e. The van der Waals surface area contributed by atoms with Crippen LogP contribution < -0.4 is 10.1 Å². The van der Waals surface area contributed by atoms with Crippen LogP contribution in [0.5, 0.6) is 5.75 Å². The number of anilines is 1. The fourth-order valence-corrected chi connectivity index (χ4v) is 3.42. The molecule has 0 aliphatic rings. The highest BCUT2D eigenvalue weighted by atomic mass is 16.5. The average molecular weight is 394 g/mol. The maximum atomic E-state index is 12.8. The number of nitrogens with one attached hydrogen (secondary N) is 1. The Balaban J connectivity index is 1.42. The van der Waals surface area contributed by atoms with Crippen LogP contribution in [-0.4, -0.2) is 18.0 Å². The number of rotatable bonds is 4. The van der Waals surface area contributed by atoms with Gasteiger partial charge in [-0.05, 0) is 53.2 Å². The lowest BCUT2D eigenvalue weighted by Gasteiger charge is -2.07. The van der Waals surface area contributed by atoms with Gasteiger partial charge in [0.15, 0.2) is 5.58 Å². The van der Waals surface area contributed by atoms with Crippen molar-refractivity contribution in [3.63, 3.8) is 0 Å². The van der Waals surface area contributed by atoms with Gasteiger partial charge in [0, 0.05) is 22.9 Å². The van der Waals surface area contributed by atoms with Crippen molar-refractivity contribution in [1.82, 2.24) is 4.98 Å². The van der Waals surface area contributed by atoms with Gasteiger partial charge in [-0.25, -0.2) is 4.98 Å². The summed E-state index contributed by atoms with van der Waals surface area (Å²) >= 11 is 0. The molecule has 5 heteroatoms. The number of hydrogen-bond donors (Lipinski definition) is 1. The highest BCUT2D eigenvalue weighted by Crippen LogP contribution is 2.28. The quantitative estimate of drug-likeness (QED) is 0.412. The number of carbonyl (C=O) groups excluding carboxylic acids is 1. The van der Waals surface area contributed by atoms with Crippen LogP contribution in [0.15, 0.2) is 89.3 Å². The third-order valence-corrected chi connectivity index (χ3v) is 4.97. The zero-order valence-electron chi connectivity index (χ0n) is 16.3. The molecular formula is C25H18N2O3. The summed E-state index contributed by atoms with van der Waals surface area (Å²) < 4.78 is 11.1. The van der Waals surface area contributed by atoms with Crippen LogP contribution >= 0.6 is 0 Å². The molecule has 0 spiro atoms. The van der Waals surface area contributed by atoms with E-state index in [1.165, 1.54) is 0 Å². The summed E-state index contributed by atoms with van der Waals surface area (Å²) in [5.41, 5.74) is 3.45. The standard InChI is InChI=1S/C25H18N2O3/c1-29-21-11-12-23-22(15-21)27-25(30-23)19-7-4-8-20(14-19)26-24(28)18-10-9-16-5-2-3-6-17(16)13-18/h2-15H,1H3,(H,26,28). The lowest BCUT2D eigenvalue weighted by Crippen LogP contribution is -2.11. The molecule has 5 rings (SSSR count). The molecule has 30 heavy (non-hydrogen) atoms. The van der Waals surface area contributed by atoms with Crippen LogP contribution in [0.4, 0.5) is 5.69 Å². The van der Waals surface area contributed by atoms with Crippen molar-refractivity contribution in [1.29, 1.82) is 0 Å². The monoisotopic (exact) mass is 394 g/mol. The molecule has 1 heterocycles. The highest BCUT2D eigenvalue weighted by Gasteiger charge is 2.12. The Kier molecular flexibility index (Phi) is 4.41. The second-order valence-corrected chi connectivity index (χ2v) is 6.95. The number of aromatic nitrogens is 1. The molecule has 0 saturated carbocycles. The van der Waals surface area contributed by atoms with Crippen LogP contribution in [-0.2, 0) is 0 Å². The molecule has 0 atom stereocenters. The number of nitrogens with zero attached hydrogens (tertiary/aromatic N) is 1. The fourth-order valence-electron chi connectivity index (χ4n) is 3.42. The van der Waals surface area contributed by atoms with Crippen LogP contribution in [0.3, 0.4) is 0 Å². The van der Waals surface area contributed by atoms with Gasteiger partial charge < -0.3 is 14.5 Å². The van der Waals surface area contributed by atoms with E-state index in [1.54, 1.807) is 7.11 Å². The Morgan fingerprint density at radius 1 is 0.900 bits per heavy atom. The Labute approximate surface area is 172 Å². The van der Waals surface area contributed by atoms with Crippen molar-refractivity contribution in [3.05, 3.63) is 90.5 Å². The minimum atomic E-state index is -0.166. The molecule has 1 aromatic heterocycles. The van der Waals surface area contributed by atoms with Crippen molar-refractivity contribution >= 4 is 33.5 Å². The average Bonchev–Trinajstić information content (AvgIpc) is 3.22. The zero-order valence-corrected chi connectivity index (χ0v) is 16.3. The van der Waals surface area contributed by atoms with Crippen molar-refractivity contribution in [2.45, 2.75) is 0 Å². The van der Waals surface area contributed by atoms with E-state index in [0.717, 1.165) is 27.6 Å². The summed E-state index contributed by atoms with van der Waals surface area (Å²) in [6.45, 7) is 0. The molecule has 0 fully saturated rings. The summed E-state index contributed by atoms with van der Waals surface area (Å²) in [6, 6.07) is 26.6. The van der Waals surface area contributed by atoms with Gasteiger partial charge in [-0.15, -0.1) is 0 Å². The number of ether oxygens (including phenoxy) is 1. The van der Waals surface area contributed by atoms with Gasteiger partial charge in [-0.1, -0.05) is 36.4 Å². The second-order valence-electron chi connectivity index (χ2n) is 6.95. The zero-order chi connectivity index (χ0) is 20.5. The summed E-state index contributed by atoms with van der Waals surface area (Å²) in [4.78, 5) is 17.3. The molecule has 146 valence electrons. The molecule has 5 nitrogen and oxygen atoms in total. The lowest BCUT2D eigenvalue weighted by molar-refractivity contribution is 0.102. The number of methoxy groups -OCH3 is 1. The minimum absolute atomic E-state index is 0.166. The highest BCUT2D eigenvalue weighted by molar-refractivity contribution is 6.06. The van der Waals surface area contributed by atoms with Crippen molar-refractivity contribution in [2.75, 3.05) is 12.4 Å². The van der Waals surface area contributed by atoms with Crippen LogP contribution in [0, 0.1) is 0 Å². The van der Waals surface area contributed by atoms with E-state index in [-0.39, 0.29) is 5.91 Å². The molecule has 0 radical (unpaired) electrons. The summed E-state index contributed by atoms with van der Waals surface area (Å²) in [5.74, 6) is 1.04. The number of fused-ring (bicyclic) bond motifs is 2. The van der Waals surface area contributed by atoms with E-state index in [4.69, 9.17) is 9.15 Å². The third-order valence-electron chi connectivity index (χ3n) is 4.97. The number of hydrogen-bond acceptors (Lipinski definition) is 4. The van der Waals surface area contributed by atoms with Gasteiger partial charge >= 0.3 is 0 Å². The molecule has 0 unspecified atom stereocenters. The van der Waals surface area contributed by atoms with E-state index < -0.39 is 0 Å². The van der Waals surface area contributed by atoms with Gasteiger partial charge in [-0.2, -0.15) is 0 Å². The number of carbonyl (C=O) groups is 1. The van der Waals surface area contributed by atoms with E-state index in [2.05, 4.69) is 10.3 Å². The van der Waals surface area contributed by atoms with Gasteiger partial charge in [0.05, 0.1) is 7.11 Å². The SMILES string of the molecule is COc1ccc2oc(-c3cccc(NC(=O)c4ccc5ccccc5c4)c3)nc2c1. The van der Waals surface area contributed by atoms with E-state index >= 15 is 0 Å². The Morgan fingerprint density at radius 3 is 2.63 bits per heavy atom. The lowest BCUT2D eigenvalue weighted by atomic mass is 10.1. The first kappa shape index (κ1) is 17.9. The first-order valence-corrected chi connectivity index (χ1v) is 9.55.